The largest absolute Gasteiger partial charge is 0.289 e. The van der Waals surface area contributed by atoms with Crippen molar-refractivity contribution in [1.29, 1.82) is 0 Å². The van der Waals surface area contributed by atoms with E-state index in [1.54, 1.807) is 12.4 Å². The molecule has 1 amide bonds. The number of benzene rings is 1. The lowest BCUT2D eigenvalue weighted by Crippen LogP contribution is -2.60. The molecule has 1 aromatic heterocycles. The predicted octanol–water partition coefficient (Wildman–Crippen LogP) is 4.09. The van der Waals surface area contributed by atoms with Gasteiger partial charge in [0, 0.05) is 19.4 Å². The third-order valence-electron chi connectivity index (χ3n) is 7.25. The number of nitrogens with zero attached hydrogens (tertiary/aromatic N) is 2. The lowest BCUT2D eigenvalue weighted by Gasteiger charge is -2.61. The molecule has 140 valence electrons. The number of carbonyl (C=O) groups is 1. The van der Waals surface area contributed by atoms with Gasteiger partial charge >= 0.3 is 0 Å². The molecule has 4 heteroatoms. The Hall–Kier alpha value is -2.36. The van der Waals surface area contributed by atoms with Crippen LogP contribution in [0.5, 0.6) is 0 Å². The standard InChI is InChI=1S/C23H27N3O/c1-26(20-7-9-24-10-8-20)25-21(27)23-14-17-11-18(15-23)13-22(12-17,16-23)19-5-3-2-4-6-19/h2-10,17-18H,11-16H2,1H3,(H,25,27). The van der Waals surface area contributed by atoms with Crippen LogP contribution in [0.3, 0.4) is 0 Å². The Bertz CT molecular complexity index is 821. The van der Waals surface area contributed by atoms with E-state index in [0.29, 0.717) is 11.8 Å². The zero-order chi connectivity index (χ0) is 18.5. The van der Waals surface area contributed by atoms with Gasteiger partial charge in [-0.3, -0.25) is 20.2 Å². The Morgan fingerprint density at radius 1 is 1.04 bits per heavy atom. The molecule has 4 nitrogen and oxygen atoms in total. The highest BCUT2D eigenvalue weighted by molar-refractivity contribution is 5.85. The fraction of sp³-hybridized carbons (Fsp3) is 0.478. The number of aromatic nitrogens is 1. The number of anilines is 1. The third-order valence-corrected chi connectivity index (χ3v) is 7.25. The minimum absolute atomic E-state index is 0.192. The normalized spacial score (nSPS) is 33.7. The maximum absolute atomic E-state index is 13.5. The Kier molecular flexibility index (Phi) is 3.78. The van der Waals surface area contributed by atoms with Crippen LogP contribution in [-0.2, 0) is 10.2 Å². The molecule has 4 saturated carbocycles. The molecule has 4 aliphatic rings. The van der Waals surface area contributed by atoms with Crippen LogP contribution in [-0.4, -0.2) is 17.9 Å². The predicted molar refractivity (Wildman–Crippen MR) is 106 cm³/mol. The maximum Gasteiger partial charge on any atom is 0.244 e. The van der Waals surface area contributed by atoms with Crippen LogP contribution < -0.4 is 10.4 Å². The van der Waals surface area contributed by atoms with Crippen molar-refractivity contribution in [2.45, 2.75) is 43.9 Å². The molecule has 0 saturated heterocycles. The van der Waals surface area contributed by atoms with Gasteiger partial charge in [0.15, 0.2) is 0 Å². The van der Waals surface area contributed by atoms with Crippen LogP contribution in [0.2, 0.25) is 0 Å². The molecule has 0 radical (unpaired) electrons. The highest BCUT2D eigenvalue weighted by atomic mass is 16.2. The second-order valence-corrected chi connectivity index (χ2v) is 9.09. The maximum atomic E-state index is 13.5. The van der Waals surface area contributed by atoms with Gasteiger partial charge in [0.2, 0.25) is 5.91 Å². The van der Waals surface area contributed by atoms with Crippen LogP contribution in [0.25, 0.3) is 0 Å². The first-order valence-electron chi connectivity index (χ1n) is 10.1. The summed E-state index contributed by atoms with van der Waals surface area (Å²) in [6.45, 7) is 0. The summed E-state index contributed by atoms with van der Waals surface area (Å²) in [7, 11) is 1.92. The number of amides is 1. The van der Waals surface area contributed by atoms with Crippen molar-refractivity contribution in [2.24, 2.45) is 17.3 Å². The Morgan fingerprint density at radius 2 is 1.70 bits per heavy atom. The van der Waals surface area contributed by atoms with E-state index in [0.717, 1.165) is 24.9 Å². The minimum Gasteiger partial charge on any atom is -0.289 e. The summed E-state index contributed by atoms with van der Waals surface area (Å²) in [6, 6.07) is 14.8. The summed E-state index contributed by atoms with van der Waals surface area (Å²) in [5.41, 5.74) is 5.56. The van der Waals surface area contributed by atoms with E-state index in [2.05, 4.69) is 40.7 Å². The molecule has 0 spiro atoms. The molecule has 4 fully saturated rings. The summed E-state index contributed by atoms with van der Waals surface area (Å²) in [5.74, 6) is 1.57. The third kappa shape index (κ3) is 2.73. The summed E-state index contributed by atoms with van der Waals surface area (Å²) < 4.78 is 0. The van der Waals surface area contributed by atoms with Crippen molar-refractivity contribution in [3.05, 3.63) is 60.4 Å². The van der Waals surface area contributed by atoms with Gasteiger partial charge in [-0.05, 0) is 73.5 Å². The zero-order valence-corrected chi connectivity index (χ0v) is 15.9. The molecule has 1 aromatic carbocycles. The fourth-order valence-corrected chi connectivity index (χ4v) is 6.56. The van der Waals surface area contributed by atoms with E-state index in [1.807, 2.05) is 24.2 Å². The molecule has 4 aliphatic carbocycles. The highest BCUT2D eigenvalue weighted by Crippen LogP contribution is 2.65. The van der Waals surface area contributed by atoms with E-state index in [9.17, 15) is 4.79 Å². The highest BCUT2D eigenvalue weighted by Gasteiger charge is 2.61. The number of hydrogen-bond donors (Lipinski definition) is 1. The van der Waals surface area contributed by atoms with Crippen LogP contribution in [0.15, 0.2) is 54.9 Å². The Labute approximate surface area is 161 Å². The monoisotopic (exact) mass is 361 g/mol. The average molecular weight is 361 g/mol. The van der Waals surface area contributed by atoms with Gasteiger partial charge in [-0.25, -0.2) is 0 Å². The summed E-state index contributed by atoms with van der Waals surface area (Å²) in [4.78, 5) is 17.6. The van der Waals surface area contributed by atoms with Gasteiger partial charge in [-0.2, -0.15) is 0 Å². The molecule has 2 aromatic rings. The van der Waals surface area contributed by atoms with Crippen molar-refractivity contribution in [1.82, 2.24) is 10.4 Å². The van der Waals surface area contributed by atoms with Crippen molar-refractivity contribution < 1.29 is 4.79 Å². The van der Waals surface area contributed by atoms with Gasteiger partial charge in [0.1, 0.15) is 0 Å². The number of hydrazine groups is 1. The lowest BCUT2D eigenvalue weighted by molar-refractivity contribution is -0.149. The van der Waals surface area contributed by atoms with Gasteiger partial charge < -0.3 is 0 Å². The zero-order valence-electron chi connectivity index (χ0n) is 15.9. The topological polar surface area (TPSA) is 45.2 Å². The molecule has 1 N–H and O–H groups in total. The van der Waals surface area contributed by atoms with Crippen molar-refractivity contribution in [2.75, 3.05) is 12.1 Å². The minimum atomic E-state index is -0.221. The first kappa shape index (κ1) is 16.8. The SMILES string of the molecule is CN(NC(=O)C12CC3CC(C1)CC(c1ccccc1)(C3)C2)c1ccncc1. The van der Waals surface area contributed by atoms with E-state index in [-0.39, 0.29) is 16.7 Å². The fourth-order valence-electron chi connectivity index (χ4n) is 6.56. The Balaban J connectivity index is 1.43. The summed E-state index contributed by atoms with van der Waals surface area (Å²) in [6.07, 6.45) is 10.4. The molecule has 2 unspecified atom stereocenters. The molecular weight excluding hydrogens is 334 g/mol. The van der Waals surface area contributed by atoms with E-state index >= 15 is 0 Å². The molecule has 0 aliphatic heterocycles. The average Bonchev–Trinajstić information content (AvgIpc) is 2.68. The van der Waals surface area contributed by atoms with E-state index < -0.39 is 0 Å². The Morgan fingerprint density at radius 3 is 2.37 bits per heavy atom. The number of pyridine rings is 1. The molecular formula is C23H27N3O. The first-order valence-corrected chi connectivity index (χ1v) is 10.1. The lowest BCUT2D eigenvalue weighted by atomic mass is 9.42. The smallest absolute Gasteiger partial charge is 0.244 e. The van der Waals surface area contributed by atoms with Gasteiger partial charge in [-0.15, -0.1) is 0 Å². The van der Waals surface area contributed by atoms with Crippen molar-refractivity contribution >= 4 is 11.6 Å². The van der Waals surface area contributed by atoms with Crippen molar-refractivity contribution in [3.8, 4) is 0 Å². The quantitative estimate of drug-likeness (QED) is 0.835. The van der Waals surface area contributed by atoms with Gasteiger partial charge in [0.25, 0.3) is 0 Å². The second-order valence-electron chi connectivity index (χ2n) is 9.09. The summed E-state index contributed by atoms with van der Waals surface area (Å²) in [5, 5.41) is 1.85. The number of nitrogens with one attached hydrogen (secondary N) is 1. The molecule has 6 rings (SSSR count). The van der Waals surface area contributed by atoms with Gasteiger partial charge in [0.05, 0.1) is 11.1 Å². The van der Waals surface area contributed by atoms with E-state index in [4.69, 9.17) is 0 Å². The van der Waals surface area contributed by atoms with Gasteiger partial charge in [-0.1, -0.05) is 30.3 Å². The molecule has 1 heterocycles. The van der Waals surface area contributed by atoms with Crippen LogP contribution in [0, 0.1) is 17.3 Å². The van der Waals surface area contributed by atoms with E-state index in [1.165, 1.54) is 24.8 Å². The van der Waals surface area contributed by atoms with Crippen LogP contribution >= 0.6 is 0 Å². The molecule has 2 atom stereocenters. The van der Waals surface area contributed by atoms with Crippen LogP contribution in [0.1, 0.15) is 44.1 Å². The first-order chi connectivity index (χ1) is 13.1. The second kappa shape index (κ2) is 6.08. The summed E-state index contributed by atoms with van der Waals surface area (Å²) >= 11 is 0. The van der Waals surface area contributed by atoms with Crippen molar-refractivity contribution in [3.63, 3.8) is 0 Å². The number of hydrogen-bond acceptors (Lipinski definition) is 3. The molecule has 4 bridgehead atoms. The number of carbonyl (C=O) groups excluding carboxylic acids is 1. The number of rotatable bonds is 4. The molecule has 27 heavy (non-hydrogen) atoms. The van der Waals surface area contributed by atoms with Crippen LogP contribution in [0.4, 0.5) is 5.69 Å².